The molecule has 1 aliphatic rings. The molecule has 1 fully saturated rings. The molecule has 8 heteroatoms. The lowest BCUT2D eigenvalue weighted by Gasteiger charge is -2.38. The Morgan fingerprint density at radius 3 is 2.27 bits per heavy atom. The highest BCUT2D eigenvalue weighted by atomic mass is 16.1. The molecule has 0 spiro atoms. The Hall–Kier alpha value is -4.56. The van der Waals surface area contributed by atoms with Crippen molar-refractivity contribution in [2.75, 3.05) is 36.4 Å². The van der Waals surface area contributed by atoms with Gasteiger partial charge in [0.2, 0.25) is 5.95 Å². The molecule has 1 N–H and O–H groups in total. The molecule has 0 saturated carbocycles. The van der Waals surface area contributed by atoms with E-state index in [0.29, 0.717) is 28.6 Å². The number of nitrogens with zero attached hydrogens (tertiary/aromatic N) is 6. The van der Waals surface area contributed by atoms with Gasteiger partial charge in [0.15, 0.2) is 0 Å². The summed E-state index contributed by atoms with van der Waals surface area (Å²) in [7, 11) is 0. The fraction of sp³-hybridized carbons (Fsp3) is 0.273. The molecular weight excluding hydrogens is 510 g/mol. The van der Waals surface area contributed by atoms with E-state index in [0.717, 1.165) is 48.7 Å². The highest BCUT2D eigenvalue weighted by Crippen LogP contribution is 2.28. The van der Waals surface area contributed by atoms with E-state index in [1.54, 1.807) is 6.20 Å². The number of rotatable bonds is 6. The van der Waals surface area contributed by atoms with Gasteiger partial charge in [0.05, 0.1) is 11.1 Å². The molecule has 2 aromatic heterocycles. The van der Waals surface area contributed by atoms with Crippen LogP contribution in [-0.2, 0) is 0 Å². The van der Waals surface area contributed by atoms with E-state index in [1.807, 2.05) is 61.5 Å². The molecule has 0 aliphatic carbocycles. The molecule has 3 heterocycles. The van der Waals surface area contributed by atoms with Gasteiger partial charge in [-0.2, -0.15) is 9.78 Å². The van der Waals surface area contributed by atoms with Crippen LogP contribution in [0, 0.1) is 13.8 Å². The van der Waals surface area contributed by atoms with Crippen molar-refractivity contribution in [1.82, 2.24) is 24.6 Å². The number of anilines is 3. The molecule has 0 bridgehead atoms. The van der Waals surface area contributed by atoms with Crippen molar-refractivity contribution >= 4 is 28.2 Å². The average Bonchev–Trinajstić information content (AvgIpc) is 2.98. The quantitative estimate of drug-likeness (QED) is 0.292. The number of fused-ring (bicyclic) bond motifs is 1. The minimum Gasteiger partial charge on any atom is -0.369 e. The van der Waals surface area contributed by atoms with E-state index in [-0.39, 0.29) is 5.56 Å². The molecule has 0 unspecified atom stereocenters. The number of hydrogen-bond acceptors (Lipinski definition) is 7. The van der Waals surface area contributed by atoms with E-state index in [9.17, 15) is 4.79 Å². The van der Waals surface area contributed by atoms with Crippen LogP contribution in [0.1, 0.15) is 25.0 Å². The molecular formula is C33H35N7O. The second-order valence-electron chi connectivity index (χ2n) is 10.9. The molecule has 0 amide bonds. The van der Waals surface area contributed by atoms with Crippen molar-refractivity contribution in [3.63, 3.8) is 0 Å². The van der Waals surface area contributed by atoms with E-state index >= 15 is 0 Å². The maximum atomic E-state index is 13.6. The van der Waals surface area contributed by atoms with Crippen molar-refractivity contribution in [2.45, 2.75) is 33.7 Å². The van der Waals surface area contributed by atoms with Crippen LogP contribution in [0.25, 0.3) is 27.8 Å². The third-order valence-corrected chi connectivity index (χ3v) is 7.86. The minimum atomic E-state index is -0.252. The van der Waals surface area contributed by atoms with Crippen LogP contribution in [-0.4, -0.2) is 56.9 Å². The highest BCUT2D eigenvalue weighted by molar-refractivity contribution is 5.91. The smallest absolute Gasteiger partial charge is 0.282 e. The lowest BCUT2D eigenvalue weighted by atomic mass is 10.1. The molecule has 3 aromatic carbocycles. The Kier molecular flexibility index (Phi) is 7.24. The van der Waals surface area contributed by atoms with Crippen LogP contribution in [0.2, 0.25) is 0 Å². The maximum Gasteiger partial charge on any atom is 0.282 e. The molecule has 208 valence electrons. The number of aryl methyl sites for hydroxylation is 2. The maximum absolute atomic E-state index is 13.6. The summed E-state index contributed by atoms with van der Waals surface area (Å²) in [4.78, 5) is 28.0. The molecule has 0 atom stereocenters. The van der Waals surface area contributed by atoms with Gasteiger partial charge in [0, 0.05) is 55.4 Å². The summed E-state index contributed by atoms with van der Waals surface area (Å²) in [6.45, 7) is 12.8. The van der Waals surface area contributed by atoms with Crippen molar-refractivity contribution in [1.29, 1.82) is 0 Å². The number of aromatic nitrogens is 4. The Balaban J connectivity index is 1.35. The summed E-state index contributed by atoms with van der Waals surface area (Å²) in [6, 6.07) is 24.5. The van der Waals surface area contributed by atoms with Crippen LogP contribution in [0.15, 0.2) is 83.8 Å². The van der Waals surface area contributed by atoms with Crippen LogP contribution < -0.4 is 15.8 Å². The highest BCUT2D eigenvalue weighted by Gasteiger charge is 2.21. The zero-order chi connectivity index (χ0) is 28.5. The van der Waals surface area contributed by atoms with Gasteiger partial charge in [-0.15, -0.1) is 0 Å². The number of benzene rings is 3. The zero-order valence-electron chi connectivity index (χ0n) is 24.0. The molecule has 41 heavy (non-hydrogen) atoms. The topological polar surface area (TPSA) is 79.2 Å². The summed E-state index contributed by atoms with van der Waals surface area (Å²) in [5.74, 6) is 0.419. The Labute approximate surface area is 240 Å². The fourth-order valence-electron chi connectivity index (χ4n) is 5.54. The second-order valence-corrected chi connectivity index (χ2v) is 10.9. The summed E-state index contributed by atoms with van der Waals surface area (Å²) in [5, 5.41) is 8.59. The Morgan fingerprint density at radius 1 is 0.829 bits per heavy atom. The van der Waals surface area contributed by atoms with Gasteiger partial charge in [-0.05, 0) is 63.1 Å². The van der Waals surface area contributed by atoms with Gasteiger partial charge in [0.25, 0.3) is 5.56 Å². The fourth-order valence-corrected chi connectivity index (χ4v) is 5.54. The van der Waals surface area contributed by atoms with Crippen molar-refractivity contribution in [2.24, 2.45) is 0 Å². The number of nitrogens with one attached hydrogen (secondary N) is 1. The average molecular weight is 546 g/mol. The number of hydrogen-bond donors (Lipinski definition) is 1. The van der Waals surface area contributed by atoms with Gasteiger partial charge in [0.1, 0.15) is 11.2 Å². The van der Waals surface area contributed by atoms with Gasteiger partial charge in [-0.3, -0.25) is 9.69 Å². The third kappa shape index (κ3) is 5.30. The van der Waals surface area contributed by atoms with Crippen molar-refractivity contribution in [3.05, 3.63) is 100 Å². The number of para-hydroxylation sites is 1. The molecule has 1 saturated heterocycles. The molecule has 6 rings (SSSR count). The van der Waals surface area contributed by atoms with E-state index in [4.69, 9.17) is 10.1 Å². The SMILES string of the molecule is Cc1cc(Nc2ncc3c(=O)n(-c4ccccc4C)nc(-c4ccccc4)c3n2)ccc1N1CCN(C(C)C)CC1. The summed E-state index contributed by atoms with van der Waals surface area (Å²) in [5.41, 5.74) is 6.81. The van der Waals surface area contributed by atoms with E-state index < -0.39 is 0 Å². The van der Waals surface area contributed by atoms with Gasteiger partial charge >= 0.3 is 0 Å². The van der Waals surface area contributed by atoms with Crippen LogP contribution in [0.4, 0.5) is 17.3 Å². The zero-order valence-corrected chi connectivity index (χ0v) is 24.0. The summed E-state index contributed by atoms with van der Waals surface area (Å²) >= 11 is 0. The summed E-state index contributed by atoms with van der Waals surface area (Å²) < 4.78 is 1.46. The first-order chi connectivity index (χ1) is 19.9. The molecule has 5 aromatic rings. The van der Waals surface area contributed by atoms with Crippen LogP contribution >= 0.6 is 0 Å². The lowest BCUT2D eigenvalue weighted by Crippen LogP contribution is -2.49. The van der Waals surface area contributed by atoms with Gasteiger partial charge in [-0.25, -0.2) is 9.97 Å². The first-order valence-corrected chi connectivity index (χ1v) is 14.2. The van der Waals surface area contributed by atoms with E-state index in [1.165, 1.54) is 15.9 Å². The standard InChI is InChI=1S/C33H35N7O/c1-22(2)38-16-18-39(19-17-38)28-15-14-26(20-24(28)4)35-33-34-21-27-31(36-33)30(25-11-6-5-7-12-25)37-40(32(27)41)29-13-9-8-10-23(29)3/h5-15,20-22H,16-19H2,1-4H3,(H,34,35,36). The molecule has 0 radical (unpaired) electrons. The van der Waals surface area contributed by atoms with Crippen LogP contribution in [0.5, 0.6) is 0 Å². The van der Waals surface area contributed by atoms with Gasteiger partial charge < -0.3 is 10.2 Å². The predicted octanol–water partition coefficient (Wildman–Crippen LogP) is 5.73. The Morgan fingerprint density at radius 2 is 1.56 bits per heavy atom. The normalized spacial score (nSPS) is 14.1. The third-order valence-electron chi connectivity index (χ3n) is 7.86. The second kappa shape index (κ2) is 11.1. The van der Waals surface area contributed by atoms with Crippen LogP contribution in [0.3, 0.4) is 0 Å². The minimum absolute atomic E-state index is 0.252. The molecule has 8 nitrogen and oxygen atoms in total. The lowest BCUT2D eigenvalue weighted by molar-refractivity contribution is 0.209. The summed E-state index contributed by atoms with van der Waals surface area (Å²) in [6.07, 6.45) is 1.60. The van der Waals surface area contributed by atoms with Crippen molar-refractivity contribution < 1.29 is 0 Å². The predicted molar refractivity (Wildman–Crippen MR) is 166 cm³/mol. The monoisotopic (exact) mass is 545 g/mol. The first-order valence-electron chi connectivity index (χ1n) is 14.2. The first kappa shape index (κ1) is 26.7. The largest absolute Gasteiger partial charge is 0.369 e. The molecule has 1 aliphatic heterocycles. The van der Waals surface area contributed by atoms with Crippen molar-refractivity contribution in [3.8, 4) is 16.9 Å². The van der Waals surface area contributed by atoms with E-state index in [2.05, 4.69) is 59.1 Å². The number of piperazine rings is 1. The Bertz CT molecular complexity index is 1760. The van der Waals surface area contributed by atoms with Gasteiger partial charge in [-0.1, -0.05) is 48.5 Å².